The molecule has 2 N–H and O–H groups in total. The van der Waals surface area contributed by atoms with Crippen LogP contribution in [0, 0.1) is 0 Å². The molecule has 0 spiro atoms. The van der Waals surface area contributed by atoms with Gasteiger partial charge in [0.1, 0.15) is 11.8 Å². The van der Waals surface area contributed by atoms with E-state index in [-0.39, 0.29) is 18.2 Å². The minimum atomic E-state index is -0.409. The Hall–Kier alpha value is -2.08. The zero-order chi connectivity index (χ0) is 16.1. The van der Waals surface area contributed by atoms with Crippen LogP contribution in [-0.2, 0) is 9.59 Å². The molecule has 1 heterocycles. The lowest BCUT2D eigenvalue weighted by Crippen LogP contribution is -2.60. The Balaban J connectivity index is 1.50. The smallest absolute Gasteiger partial charge is 0.244 e. The van der Waals surface area contributed by atoms with Crippen molar-refractivity contribution < 1.29 is 14.3 Å². The van der Waals surface area contributed by atoms with Gasteiger partial charge in [0.25, 0.3) is 0 Å². The number of nitrogens with zero attached hydrogens (tertiary/aromatic N) is 1. The molecule has 2 aliphatic rings. The quantitative estimate of drug-likeness (QED) is 0.803. The zero-order valence-electron chi connectivity index (χ0n) is 13.2. The van der Waals surface area contributed by atoms with Crippen LogP contribution in [0.25, 0.3) is 0 Å². The third-order valence-electron chi connectivity index (χ3n) is 4.12. The Morgan fingerprint density at radius 1 is 1.26 bits per heavy atom. The van der Waals surface area contributed by atoms with E-state index in [4.69, 9.17) is 4.74 Å². The standard InChI is InChI=1S/C17H23N3O3/c21-16(8-11-23-14-4-2-1-3-5-14)20-10-9-18-12-15(20)17(22)19-13-6-7-13/h1-5,13,15,18H,6-12H2,(H,19,22)/t15-/m1/s1. The lowest BCUT2D eigenvalue weighted by molar-refractivity contribution is -0.142. The van der Waals surface area contributed by atoms with Crippen molar-refractivity contribution in [2.24, 2.45) is 0 Å². The summed E-state index contributed by atoms with van der Waals surface area (Å²) >= 11 is 0. The van der Waals surface area contributed by atoms with Gasteiger partial charge in [0.2, 0.25) is 11.8 Å². The molecule has 1 aliphatic heterocycles. The van der Waals surface area contributed by atoms with E-state index in [1.807, 2.05) is 30.3 Å². The van der Waals surface area contributed by atoms with Crippen LogP contribution in [0.2, 0.25) is 0 Å². The van der Waals surface area contributed by atoms with Crippen molar-refractivity contribution in [3.8, 4) is 5.75 Å². The Morgan fingerprint density at radius 2 is 2.04 bits per heavy atom. The van der Waals surface area contributed by atoms with Crippen molar-refractivity contribution in [1.82, 2.24) is 15.5 Å². The summed E-state index contributed by atoms with van der Waals surface area (Å²) in [5, 5.41) is 6.18. The maximum Gasteiger partial charge on any atom is 0.244 e. The molecule has 0 aromatic heterocycles. The van der Waals surface area contributed by atoms with Crippen molar-refractivity contribution in [3.05, 3.63) is 30.3 Å². The second-order valence-corrected chi connectivity index (χ2v) is 6.00. The molecule has 1 aromatic carbocycles. The second-order valence-electron chi connectivity index (χ2n) is 6.00. The van der Waals surface area contributed by atoms with Crippen LogP contribution in [0.1, 0.15) is 19.3 Å². The van der Waals surface area contributed by atoms with Crippen LogP contribution in [0.3, 0.4) is 0 Å². The SMILES string of the molecule is O=C(NC1CC1)[C@H]1CNCCN1C(=O)CCOc1ccccc1. The highest BCUT2D eigenvalue weighted by molar-refractivity contribution is 5.88. The van der Waals surface area contributed by atoms with Crippen molar-refractivity contribution in [1.29, 1.82) is 0 Å². The topological polar surface area (TPSA) is 70.7 Å². The molecule has 6 heteroatoms. The molecule has 0 unspecified atom stereocenters. The fourth-order valence-electron chi connectivity index (χ4n) is 2.68. The number of nitrogens with one attached hydrogen (secondary N) is 2. The molecule has 1 atom stereocenters. The first-order valence-corrected chi connectivity index (χ1v) is 8.22. The van der Waals surface area contributed by atoms with Gasteiger partial charge in [-0.05, 0) is 25.0 Å². The van der Waals surface area contributed by atoms with Crippen LogP contribution in [0.5, 0.6) is 5.75 Å². The van der Waals surface area contributed by atoms with Gasteiger partial charge in [-0.15, -0.1) is 0 Å². The number of piperazine rings is 1. The molecule has 23 heavy (non-hydrogen) atoms. The Bertz CT molecular complexity index is 545. The van der Waals surface area contributed by atoms with Crippen molar-refractivity contribution in [3.63, 3.8) is 0 Å². The number of ether oxygens (including phenoxy) is 1. The van der Waals surface area contributed by atoms with Gasteiger partial charge < -0.3 is 20.3 Å². The van der Waals surface area contributed by atoms with Crippen LogP contribution in [-0.4, -0.2) is 55.0 Å². The third-order valence-corrected chi connectivity index (χ3v) is 4.12. The minimum Gasteiger partial charge on any atom is -0.493 e. The fourth-order valence-corrected chi connectivity index (χ4v) is 2.68. The molecule has 3 rings (SSSR count). The maximum absolute atomic E-state index is 12.4. The van der Waals surface area contributed by atoms with Gasteiger partial charge in [0, 0.05) is 25.7 Å². The maximum atomic E-state index is 12.4. The molecule has 1 saturated heterocycles. The van der Waals surface area contributed by atoms with Gasteiger partial charge in [-0.3, -0.25) is 9.59 Å². The molecule has 6 nitrogen and oxygen atoms in total. The molecule has 1 saturated carbocycles. The molecule has 2 fully saturated rings. The zero-order valence-corrected chi connectivity index (χ0v) is 13.2. The first kappa shape index (κ1) is 15.8. The molecule has 0 radical (unpaired) electrons. The van der Waals surface area contributed by atoms with Crippen LogP contribution in [0.15, 0.2) is 30.3 Å². The van der Waals surface area contributed by atoms with Crippen LogP contribution >= 0.6 is 0 Å². The number of carbonyl (C=O) groups is 2. The van der Waals surface area contributed by atoms with E-state index in [0.717, 1.165) is 25.1 Å². The third kappa shape index (κ3) is 4.45. The van der Waals surface area contributed by atoms with Crippen molar-refractivity contribution >= 4 is 11.8 Å². The summed E-state index contributed by atoms with van der Waals surface area (Å²) in [6.07, 6.45) is 2.37. The molecular weight excluding hydrogens is 294 g/mol. The predicted octanol–water partition coefficient (Wildman–Crippen LogP) is 0.535. The van der Waals surface area contributed by atoms with Gasteiger partial charge in [-0.25, -0.2) is 0 Å². The van der Waals surface area contributed by atoms with E-state index in [0.29, 0.717) is 25.7 Å². The highest BCUT2D eigenvalue weighted by Crippen LogP contribution is 2.19. The van der Waals surface area contributed by atoms with Crippen molar-refractivity contribution in [2.45, 2.75) is 31.3 Å². The van der Waals surface area contributed by atoms with Gasteiger partial charge in [0.05, 0.1) is 13.0 Å². The molecule has 0 bridgehead atoms. The van der Waals surface area contributed by atoms with Gasteiger partial charge in [0.15, 0.2) is 0 Å². The number of rotatable bonds is 6. The largest absolute Gasteiger partial charge is 0.493 e. The summed E-state index contributed by atoms with van der Waals surface area (Å²) in [7, 11) is 0. The average Bonchev–Trinajstić information content (AvgIpc) is 3.39. The summed E-state index contributed by atoms with van der Waals surface area (Å²) in [6, 6.07) is 9.33. The number of amides is 2. The Kier molecular flexibility index (Phi) is 5.12. The van der Waals surface area contributed by atoms with E-state index in [2.05, 4.69) is 10.6 Å². The second kappa shape index (κ2) is 7.46. The van der Waals surface area contributed by atoms with E-state index in [9.17, 15) is 9.59 Å². The van der Waals surface area contributed by atoms with Gasteiger partial charge in [-0.1, -0.05) is 18.2 Å². The summed E-state index contributed by atoms with van der Waals surface area (Å²) in [4.78, 5) is 26.4. The van der Waals surface area contributed by atoms with E-state index in [1.54, 1.807) is 4.90 Å². The molecule has 124 valence electrons. The van der Waals surface area contributed by atoms with Crippen LogP contribution < -0.4 is 15.4 Å². The summed E-state index contributed by atoms with van der Waals surface area (Å²) in [5.74, 6) is 0.680. The summed E-state index contributed by atoms with van der Waals surface area (Å²) in [6.45, 7) is 2.12. The van der Waals surface area contributed by atoms with E-state index >= 15 is 0 Å². The lowest BCUT2D eigenvalue weighted by Gasteiger charge is -2.35. The van der Waals surface area contributed by atoms with Crippen molar-refractivity contribution in [2.75, 3.05) is 26.2 Å². The normalized spacial score (nSPS) is 20.9. The predicted molar refractivity (Wildman–Crippen MR) is 86.1 cm³/mol. The van der Waals surface area contributed by atoms with E-state index < -0.39 is 6.04 Å². The first-order valence-electron chi connectivity index (χ1n) is 8.22. The summed E-state index contributed by atoms with van der Waals surface area (Å²) < 4.78 is 5.57. The highest BCUT2D eigenvalue weighted by Gasteiger charge is 2.34. The van der Waals surface area contributed by atoms with Crippen LogP contribution in [0.4, 0.5) is 0 Å². The molecule has 1 aliphatic carbocycles. The first-order chi connectivity index (χ1) is 11.2. The Labute approximate surface area is 136 Å². The van der Waals surface area contributed by atoms with Gasteiger partial charge in [-0.2, -0.15) is 0 Å². The number of carbonyl (C=O) groups excluding carboxylic acids is 2. The average molecular weight is 317 g/mol. The number of benzene rings is 1. The lowest BCUT2D eigenvalue weighted by atomic mass is 10.1. The molecule has 2 amide bonds. The Morgan fingerprint density at radius 3 is 2.78 bits per heavy atom. The number of hydrogen-bond donors (Lipinski definition) is 2. The molecular formula is C17H23N3O3. The molecule has 1 aromatic rings. The number of para-hydroxylation sites is 1. The highest BCUT2D eigenvalue weighted by atomic mass is 16.5. The van der Waals surface area contributed by atoms with E-state index in [1.165, 1.54) is 0 Å². The minimum absolute atomic E-state index is 0.0293. The van der Waals surface area contributed by atoms with Gasteiger partial charge >= 0.3 is 0 Å². The number of hydrogen-bond acceptors (Lipinski definition) is 4. The monoisotopic (exact) mass is 317 g/mol. The summed E-state index contributed by atoms with van der Waals surface area (Å²) in [5.41, 5.74) is 0. The fraction of sp³-hybridized carbons (Fsp3) is 0.529.